The van der Waals surface area contributed by atoms with E-state index in [1.807, 2.05) is 6.92 Å². The highest BCUT2D eigenvalue weighted by Crippen LogP contribution is 1.89. The van der Waals surface area contributed by atoms with Crippen LogP contribution >= 0.6 is 33.8 Å². The van der Waals surface area contributed by atoms with Gasteiger partial charge in [0, 0.05) is 28.5 Å². The molecule has 2 atom stereocenters. The van der Waals surface area contributed by atoms with Crippen molar-refractivity contribution in [2.75, 3.05) is 14.2 Å². The van der Waals surface area contributed by atoms with Gasteiger partial charge in [0.2, 0.25) is 9.23 Å². The molecule has 0 saturated heterocycles. The van der Waals surface area contributed by atoms with Crippen molar-refractivity contribution >= 4 is 54.9 Å². The number of rotatable bonds is 4. The molecule has 0 bridgehead atoms. The van der Waals surface area contributed by atoms with E-state index in [4.69, 9.17) is 25.9 Å². The van der Waals surface area contributed by atoms with Gasteiger partial charge in [-0.05, 0) is 12.8 Å². The van der Waals surface area contributed by atoms with Gasteiger partial charge < -0.3 is 26.4 Å². The van der Waals surface area contributed by atoms with Crippen LogP contribution in [0.5, 0.6) is 0 Å². The third kappa shape index (κ3) is 36.8. The van der Waals surface area contributed by atoms with Gasteiger partial charge in [0.1, 0.15) is 12.1 Å². The summed E-state index contributed by atoms with van der Waals surface area (Å²) in [7, 11) is 9.69. The maximum atomic E-state index is 10.4. The van der Waals surface area contributed by atoms with E-state index in [2.05, 4.69) is 26.1 Å². The van der Waals surface area contributed by atoms with Crippen molar-refractivity contribution in [3.05, 3.63) is 0 Å². The average molecular weight is 408 g/mol. The molecule has 0 heterocycles. The van der Waals surface area contributed by atoms with Gasteiger partial charge >= 0.3 is 11.9 Å². The minimum absolute atomic E-state index is 0. The summed E-state index contributed by atoms with van der Waals surface area (Å²) in [6, 6.07) is -1.13. The minimum Gasteiger partial charge on any atom is -0.480 e. The minimum atomic E-state index is -1.67. The van der Waals surface area contributed by atoms with Crippen molar-refractivity contribution in [1.29, 1.82) is 0 Å². The quantitative estimate of drug-likeness (QED) is 0.394. The molecule has 0 rings (SSSR count). The predicted molar refractivity (Wildman–Crippen MR) is 91.4 cm³/mol. The molecule has 138 valence electrons. The lowest BCUT2D eigenvalue weighted by molar-refractivity contribution is -0.142. The van der Waals surface area contributed by atoms with Crippen LogP contribution in [0, 0.1) is 0 Å². The normalized spacial score (nSPS) is 10.8. The number of carboxylic acid groups (broad SMARTS) is 1. The van der Waals surface area contributed by atoms with Crippen molar-refractivity contribution in [1.82, 2.24) is 0 Å². The third-order valence-electron chi connectivity index (χ3n) is 1.70. The molecule has 0 aliphatic heterocycles. The monoisotopic (exact) mass is 406 g/mol. The fourth-order valence-corrected chi connectivity index (χ4v) is 0.493. The first-order valence-corrected chi connectivity index (χ1v) is 8.44. The molecule has 0 aliphatic carbocycles. The van der Waals surface area contributed by atoms with E-state index in [0.29, 0.717) is 12.8 Å². The summed E-state index contributed by atoms with van der Waals surface area (Å²) in [5, 5.41) is 15.1. The molecule has 22 heavy (non-hydrogen) atoms. The second-order valence-electron chi connectivity index (χ2n) is 3.08. The maximum Gasteiger partial charge on any atom is 0.322 e. The van der Waals surface area contributed by atoms with Crippen molar-refractivity contribution in [2.45, 2.75) is 38.8 Å². The highest BCUT2D eigenvalue weighted by Gasteiger charge is 2.08. The second kappa shape index (κ2) is 25.8. The molecule has 0 saturated carbocycles. The zero-order valence-corrected chi connectivity index (χ0v) is 16.0. The number of esters is 1. The van der Waals surface area contributed by atoms with E-state index >= 15 is 0 Å². The second-order valence-corrected chi connectivity index (χ2v) is 5.60. The van der Waals surface area contributed by atoms with Gasteiger partial charge in [-0.1, -0.05) is 13.8 Å². The van der Waals surface area contributed by atoms with Crippen LogP contribution in [0.1, 0.15) is 26.7 Å². The lowest BCUT2D eigenvalue weighted by Gasteiger charge is -2.03. The van der Waals surface area contributed by atoms with Gasteiger partial charge in [-0.2, -0.15) is 0 Å². The molecule has 0 aliphatic rings. The van der Waals surface area contributed by atoms with Crippen LogP contribution in [0.3, 0.4) is 0 Å². The lowest BCUT2D eigenvalue weighted by atomic mass is 10.2. The Morgan fingerprint density at radius 2 is 1.41 bits per heavy atom. The number of halogens is 3. The molecule has 0 amide bonds. The lowest BCUT2D eigenvalue weighted by Crippen LogP contribution is -2.30. The summed E-state index contributed by atoms with van der Waals surface area (Å²) in [5.41, 5.74) is 10.3. The Morgan fingerprint density at radius 3 is 1.45 bits per heavy atom. The summed E-state index contributed by atoms with van der Waals surface area (Å²) in [5.74, 6) is -1.27. The van der Waals surface area contributed by atoms with Gasteiger partial charge in [-0.15, -0.1) is 12.4 Å². The topological polar surface area (TPSA) is 153 Å². The summed E-state index contributed by atoms with van der Waals surface area (Å²) >= 11 is 0. The van der Waals surface area contributed by atoms with Gasteiger partial charge in [0.25, 0.3) is 0 Å². The molecule has 0 aromatic rings. The van der Waals surface area contributed by atoms with E-state index in [9.17, 15) is 9.59 Å². The summed E-state index contributed by atoms with van der Waals surface area (Å²) in [6.07, 6.45) is 1.13. The molecule has 0 fully saturated rings. The zero-order chi connectivity index (χ0) is 18.0. The number of carbonyl (C=O) groups is 2. The van der Waals surface area contributed by atoms with E-state index in [-0.39, 0.29) is 18.4 Å². The highest BCUT2D eigenvalue weighted by atomic mass is 36.0. The Morgan fingerprint density at radius 1 is 1.14 bits per heavy atom. The fourth-order valence-electron chi connectivity index (χ4n) is 0.493. The Bertz CT molecular complexity index is 283. The number of aliphatic hydroxyl groups is 1. The van der Waals surface area contributed by atoms with Gasteiger partial charge in [0.05, 0.1) is 7.11 Å². The summed E-state index contributed by atoms with van der Waals surface area (Å²) in [4.78, 5) is 20.2. The Labute approximate surface area is 148 Å². The standard InChI is InChI=1S/C5H11NO2.C4H9NO2.CH4O.Cl2OS.ClH/c1-3-4(6)5(7)8-2;1-2-3(5)4(6)7;1-2;1-4(2)3;/h4H,3,6H2,1-2H3;3H,2,5H2,1H3,(H,6,7);2H,1H3;;1H/t4-;3-;;;/m11.../s1. The number of aliphatic hydroxyl groups excluding tert-OH is 1. The van der Waals surface area contributed by atoms with Crippen molar-refractivity contribution in [3.8, 4) is 0 Å². The molecule has 0 unspecified atom stereocenters. The number of carbonyl (C=O) groups excluding carboxylic acids is 1. The molecule has 0 spiro atoms. The first kappa shape index (κ1) is 33.4. The molecule has 0 radical (unpaired) electrons. The van der Waals surface area contributed by atoms with Crippen molar-refractivity contribution in [3.63, 3.8) is 0 Å². The average Bonchev–Trinajstić information content (AvgIpc) is 2.46. The molecule has 6 N–H and O–H groups in total. The zero-order valence-electron chi connectivity index (χ0n) is 12.8. The Hall–Kier alpha value is -0.160. The number of hydrogen-bond donors (Lipinski definition) is 4. The van der Waals surface area contributed by atoms with Crippen LogP contribution in [0.2, 0.25) is 0 Å². The Balaban J connectivity index is -0.0000000633. The molecular formula is C10H25Cl3N2O6S. The van der Waals surface area contributed by atoms with Crippen LogP contribution in [-0.4, -0.2) is 52.7 Å². The van der Waals surface area contributed by atoms with Crippen molar-refractivity contribution in [2.24, 2.45) is 11.5 Å². The van der Waals surface area contributed by atoms with Crippen LogP contribution < -0.4 is 11.5 Å². The fraction of sp³-hybridized carbons (Fsp3) is 0.800. The number of methoxy groups -OCH3 is 1. The first-order chi connectivity index (χ1) is 9.63. The largest absolute Gasteiger partial charge is 0.480 e. The number of nitrogens with two attached hydrogens (primary N) is 2. The van der Waals surface area contributed by atoms with Gasteiger partial charge in [0.15, 0.2) is 0 Å². The van der Waals surface area contributed by atoms with E-state index in [1.165, 1.54) is 7.11 Å². The first-order valence-electron chi connectivity index (χ1n) is 5.64. The molecule has 0 aromatic heterocycles. The van der Waals surface area contributed by atoms with E-state index in [0.717, 1.165) is 7.11 Å². The number of hydrogen-bond acceptors (Lipinski definition) is 7. The van der Waals surface area contributed by atoms with Crippen molar-refractivity contribution < 1.29 is 28.7 Å². The SMILES string of the molecule is CC[C@@H](N)C(=O)O.CC[C@@H](N)C(=O)OC.CO.Cl.O=S(Cl)Cl. The maximum absolute atomic E-state index is 10.4. The molecule has 12 heteroatoms. The van der Waals surface area contributed by atoms with Gasteiger partial charge in [-0.25, -0.2) is 4.21 Å². The van der Waals surface area contributed by atoms with Gasteiger partial charge in [-0.3, -0.25) is 9.59 Å². The van der Waals surface area contributed by atoms with Crippen LogP contribution in [-0.2, 0) is 23.6 Å². The predicted octanol–water partition coefficient (Wildman–Crippen LogP) is 0.778. The van der Waals surface area contributed by atoms with Crippen LogP contribution in [0.4, 0.5) is 0 Å². The molecule has 8 nitrogen and oxygen atoms in total. The van der Waals surface area contributed by atoms with E-state index < -0.39 is 27.3 Å². The van der Waals surface area contributed by atoms with E-state index in [1.54, 1.807) is 6.92 Å². The summed E-state index contributed by atoms with van der Waals surface area (Å²) in [6.45, 7) is 3.57. The Kier molecular flexibility index (Phi) is 39.2. The van der Waals surface area contributed by atoms with Crippen LogP contribution in [0.15, 0.2) is 0 Å². The highest BCUT2D eigenvalue weighted by molar-refractivity contribution is 8.26. The number of ether oxygens (including phenoxy) is 1. The molecule has 0 aromatic carbocycles. The third-order valence-corrected chi connectivity index (χ3v) is 1.70. The summed E-state index contributed by atoms with van der Waals surface area (Å²) < 4.78 is 13.4. The van der Waals surface area contributed by atoms with Crippen LogP contribution in [0.25, 0.3) is 0 Å². The molecular weight excluding hydrogens is 383 g/mol. The smallest absolute Gasteiger partial charge is 0.322 e. The number of carboxylic acids is 1. The number of aliphatic carboxylic acids is 1.